The first-order valence-electron chi connectivity index (χ1n) is 10.9. The first kappa shape index (κ1) is 21.1. The van der Waals surface area contributed by atoms with Crippen molar-refractivity contribution in [1.82, 2.24) is 14.6 Å². The first-order chi connectivity index (χ1) is 14.4. The van der Waals surface area contributed by atoms with Crippen molar-refractivity contribution in [2.45, 2.75) is 62.3 Å². The molecule has 2 fully saturated rings. The van der Waals surface area contributed by atoms with Gasteiger partial charge in [-0.1, -0.05) is 25.7 Å². The molecule has 1 aromatic carbocycles. The topological polar surface area (TPSA) is 99.3 Å². The summed E-state index contributed by atoms with van der Waals surface area (Å²) in [5.74, 6) is -0.0463. The molecule has 2 N–H and O–H groups in total. The van der Waals surface area contributed by atoms with E-state index in [9.17, 15) is 18.0 Å². The average Bonchev–Trinajstić information content (AvgIpc) is 3.02. The second-order valence-electron chi connectivity index (χ2n) is 8.45. The summed E-state index contributed by atoms with van der Waals surface area (Å²) in [6.07, 6.45) is 8.00. The molecule has 1 aromatic heterocycles. The van der Waals surface area contributed by atoms with Gasteiger partial charge in [0.2, 0.25) is 21.5 Å². The van der Waals surface area contributed by atoms with E-state index in [2.05, 4.69) is 10.3 Å². The van der Waals surface area contributed by atoms with Gasteiger partial charge in [-0.05, 0) is 55.3 Å². The largest absolute Gasteiger partial charge is 0.353 e. The fourth-order valence-electron chi connectivity index (χ4n) is 4.54. The van der Waals surface area contributed by atoms with E-state index in [4.69, 9.17) is 0 Å². The van der Waals surface area contributed by atoms with E-state index >= 15 is 0 Å². The summed E-state index contributed by atoms with van der Waals surface area (Å²) in [7, 11) is -3.64. The van der Waals surface area contributed by atoms with Crippen molar-refractivity contribution in [2.24, 2.45) is 5.92 Å². The number of carbonyl (C=O) groups excluding carboxylic acids is 1. The highest BCUT2D eigenvalue weighted by molar-refractivity contribution is 7.89. The zero-order valence-electron chi connectivity index (χ0n) is 17.1. The molecule has 2 heterocycles. The Morgan fingerprint density at radius 1 is 0.967 bits per heavy atom. The molecule has 1 saturated heterocycles. The smallest absolute Gasteiger partial charge is 0.248 e. The fourth-order valence-corrected chi connectivity index (χ4v) is 6.05. The lowest BCUT2D eigenvalue weighted by Gasteiger charge is -2.31. The molecule has 0 bridgehead atoms. The summed E-state index contributed by atoms with van der Waals surface area (Å²) in [6, 6.07) is 8.01. The van der Waals surface area contributed by atoms with Gasteiger partial charge in [0.15, 0.2) is 0 Å². The molecule has 1 aliphatic heterocycles. The lowest BCUT2D eigenvalue weighted by Crippen LogP contribution is -2.45. The van der Waals surface area contributed by atoms with Gasteiger partial charge in [0.25, 0.3) is 0 Å². The summed E-state index contributed by atoms with van der Waals surface area (Å²) in [4.78, 5) is 27.0. The third-order valence-corrected chi connectivity index (χ3v) is 8.25. The molecule has 30 heavy (non-hydrogen) atoms. The molecule has 0 radical (unpaired) electrons. The van der Waals surface area contributed by atoms with E-state index in [1.54, 1.807) is 18.2 Å². The lowest BCUT2D eigenvalue weighted by molar-refractivity contribution is -0.126. The van der Waals surface area contributed by atoms with Crippen molar-refractivity contribution >= 4 is 26.8 Å². The number of aromatic amines is 1. The summed E-state index contributed by atoms with van der Waals surface area (Å²) >= 11 is 0. The molecule has 0 spiro atoms. The predicted molar refractivity (Wildman–Crippen MR) is 116 cm³/mol. The van der Waals surface area contributed by atoms with Gasteiger partial charge in [-0.25, -0.2) is 8.42 Å². The van der Waals surface area contributed by atoms with E-state index in [1.165, 1.54) is 42.1 Å². The monoisotopic (exact) mass is 431 g/mol. The highest BCUT2D eigenvalue weighted by atomic mass is 32.2. The minimum Gasteiger partial charge on any atom is -0.353 e. The zero-order chi connectivity index (χ0) is 21.1. The maximum atomic E-state index is 13.1. The van der Waals surface area contributed by atoms with Crippen molar-refractivity contribution in [1.29, 1.82) is 0 Å². The van der Waals surface area contributed by atoms with Gasteiger partial charge in [-0.3, -0.25) is 9.59 Å². The van der Waals surface area contributed by atoms with Crippen LogP contribution in [-0.2, 0) is 14.8 Å². The van der Waals surface area contributed by atoms with E-state index < -0.39 is 10.0 Å². The number of amides is 1. The highest BCUT2D eigenvalue weighted by Crippen LogP contribution is 2.26. The standard InChI is InChI=1S/C22H29N3O4S/c26-21-10-7-17-15-19(8-9-20(17)24-21)30(28,29)25-13-11-16(12-14-25)22(27)23-18-5-3-1-2-4-6-18/h7-10,15-16,18H,1-6,11-14H2,(H,23,27)(H,24,26). The van der Waals surface area contributed by atoms with Crippen molar-refractivity contribution < 1.29 is 13.2 Å². The Bertz CT molecular complexity index is 1060. The van der Waals surface area contributed by atoms with Gasteiger partial charge in [0, 0.05) is 36.6 Å². The Labute approximate surface area is 176 Å². The highest BCUT2D eigenvalue weighted by Gasteiger charge is 2.32. The summed E-state index contributed by atoms with van der Waals surface area (Å²) in [5.41, 5.74) is 0.387. The number of rotatable bonds is 4. The van der Waals surface area contributed by atoms with Crippen LogP contribution in [0.2, 0.25) is 0 Å². The van der Waals surface area contributed by atoms with Crippen molar-refractivity contribution in [2.75, 3.05) is 13.1 Å². The molecular formula is C22H29N3O4S. The summed E-state index contributed by atoms with van der Waals surface area (Å²) in [5, 5.41) is 3.88. The Morgan fingerprint density at radius 2 is 1.67 bits per heavy atom. The maximum absolute atomic E-state index is 13.1. The van der Waals surface area contributed by atoms with Gasteiger partial charge in [-0.15, -0.1) is 0 Å². The molecule has 1 amide bonds. The Hall–Kier alpha value is -2.19. The van der Waals surface area contributed by atoms with Crippen molar-refractivity contribution in [3.05, 3.63) is 40.7 Å². The number of hydrogen-bond acceptors (Lipinski definition) is 4. The number of piperidine rings is 1. The quantitative estimate of drug-likeness (QED) is 0.727. The Balaban J connectivity index is 1.39. The van der Waals surface area contributed by atoms with Crippen LogP contribution < -0.4 is 10.9 Å². The van der Waals surface area contributed by atoms with Gasteiger partial charge in [-0.2, -0.15) is 4.31 Å². The number of nitrogens with zero attached hydrogens (tertiary/aromatic N) is 1. The van der Waals surface area contributed by atoms with Crippen LogP contribution in [0.4, 0.5) is 0 Å². The summed E-state index contributed by atoms with van der Waals surface area (Å²) < 4.78 is 27.6. The number of benzene rings is 1. The van der Waals surface area contributed by atoms with E-state index in [-0.39, 0.29) is 28.3 Å². The zero-order valence-corrected chi connectivity index (χ0v) is 17.9. The lowest BCUT2D eigenvalue weighted by atomic mass is 9.96. The molecule has 0 atom stereocenters. The fraction of sp³-hybridized carbons (Fsp3) is 0.545. The third kappa shape index (κ3) is 4.59. The average molecular weight is 432 g/mol. The van der Waals surface area contributed by atoms with Gasteiger partial charge >= 0.3 is 0 Å². The normalized spacial score (nSPS) is 20.1. The van der Waals surface area contributed by atoms with Crippen LogP contribution in [-0.4, -0.2) is 42.7 Å². The van der Waals surface area contributed by atoms with Crippen LogP contribution in [0.5, 0.6) is 0 Å². The molecule has 7 nitrogen and oxygen atoms in total. The predicted octanol–water partition coefficient (Wildman–Crippen LogP) is 2.77. The number of hydrogen-bond donors (Lipinski definition) is 2. The van der Waals surface area contributed by atoms with Gasteiger partial charge < -0.3 is 10.3 Å². The number of sulfonamides is 1. The van der Waals surface area contributed by atoms with E-state index in [0.717, 1.165) is 12.8 Å². The molecule has 2 aliphatic rings. The first-order valence-corrected chi connectivity index (χ1v) is 12.3. The molecule has 4 rings (SSSR count). The van der Waals surface area contributed by atoms with Crippen LogP contribution >= 0.6 is 0 Å². The number of carbonyl (C=O) groups is 1. The number of pyridine rings is 1. The van der Waals surface area contributed by atoms with Crippen LogP contribution in [0.25, 0.3) is 10.9 Å². The maximum Gasteiger partial charge on any atom is 0.248 e. The molecule has 0 unspecified atom stereocenters. The van der Waals surface area contributed by atoms with Crippen LogP contribution in [0.1, 0.15) is 51.4 Å². The molecule has 1 aliphatic carbocycles. The third-order valence-electron chi connectivity index (χ3n) is 6.36. The van der Waals surface area contributed by atoms with E-state index in [0.29, 0.717) is 36.8 Å². The molecular weight excluding hydrogens is 402 g/mol. The minimum atomic E-state index is -3.64. The van der Waals surface area contributed by atoms with Gasteiger partial charge in [0.1, 0.15) is 0 Å². The SMILES string of the molecule is O=C(NC1CCCCCC1)C1CCN(S(=O)(=O)c2ccc3[nH]c(=O)ccc3c2)CC1. The second-order valence-corrected chi connectivity index (χ2v) is 10.4. The molecule has 162 valence electrons. The number of H-pyrrole nitrogens is 1. The Kier molecular flexibility index (Phi) is 6.24. The molecule has 1 saturated carbocycles. The summed E-state index contributed by atoms with van der Waals surface area (Å²) in [6.45, 7) is 0.684. The van der Waals surface area contributed by atoms with Crippen LogP contribution in [0, 0.1) is 5.92 Å². The van der Waals surface area contributed by atoms with E-state index in [1.807, 2.05) is 0 Å². The minimum absolute atomic E-state index is 0.0774. The number of fused-ring (bicyclic) bond motifs is 1. The Morgan fingerprint density at radius 3 is 2.37 bits per heavy atom. The van der Waals surface area contributed by atoms with Crippen LogP contribution in [0.15, 0.2) is 40.0 Å². The molecule has 8 heteroatoms. The van der Waals surface area contributed by atoms with Crippen LogP contribution in [0.3, 0.4) is 0 Å². The number of aromatic nitrogens is 1. The number of nitrogens with one attached hydrogen (secondary N) is 2. The second kappa shape index (κ2) is 8.89. The van der Waals surface area contributed by atoms with Crippen molar-refractivity contribution in [3.63, 3.8) is 0 Å². The molecule has 2 aromatic rings. The van der Waals surface area contributed by atoms with Gasteiger partial charge in [0.05, 0.1) is 4.90 Å². The van der Waals surface area contributed by atoms with Crippen molar-refractivity contribution in [3.8, 4) is 0 Å².